The van der Waals surface area contributed by atoms with Gasteiger partial charge >= 0.3 is 0 Å². The van der Waals surface area contributed by atoms with E-state index in [4.69, 9.17) is 9.47 Å². The summed E-state index contributed by atoms with van der Waals surface area (Å²) in [4.78, 5) is 17.2. The summed E-state index contributed by atoms with van der Waals surface area (Å²) < 4.78 is 13.7. The zero-order valence-corrected chi connectivity index (χ0v) is 15.6. The third-order valence-electron chi connectivity index (χ3n) is 3.77. The average molecular weight is 368 g/mol. The molecule has 0 aliphatic carbocycles. The van der Waals surface area contributed by atoms with E-state index in [1.807, 2.05) is 35.8 Å². The maximum absolute atomic E-state index is 12.3. The van der Waals surface area contributed by atoms with Crippen LogP contribution in [0.25, 0.3) is 10.2 Å². The number of fused-ring (bicyclic) bond motifs is 1. The van der Waals surface area contributed by atoms with Crippen LogP contribution in [-0.2, 0) is 11.3 Å². The van der Waals surface area contributed by atoms with Gasteiger partial charge in [0.2, 0.25) is 0 Å². The second kappa shape index (κ2) is 8.01. The van der Waals surface area contributed by atoms with Crippen molar-refractivity contribution in [2.24, 2.45) is 4.99 Å². The van der Waals surface area contributed by atoms with Crippen LogP contribution in [0.3, 0.4) is 0 Å². The molecule has 0 saturated heterocycles. The average Bonchev–Trinajstić information content (AvgIpc) is 2.96. The van der Waals surface area contributed by atoms with Crippen LogP contribution in [0.15, 0.2) is 60.1 Å². The Kier molecular flexibility index (Phi) is 5.53. The zero-order chi connectivity index (χ0) is 18.5. The van der Waals surface area contributed by atoms with Crippen LogP contribution in [0.5, 0.6) is 11.5 Å². The molecule has 0 bridgehead atoms. The number of carbonyl (C=O) groups is 1. The number of rotatable bonds is 6. The molecule has 2 aromatic carbocycles. The Labute approximate surface area is 155 Å². The summed E-state index contributed by atoms with van der Waals surface area (Å²) in [6, 6.07) is 13.3. The Bertz CT molecular complexity index is 1020. The molecule has 6 heteroatoms. The van der Waals surface area contributed by atoms with Gasteiger partial charge in [-0.05, 0) is 36.8 Å². The highest BCUT2D eigenvalue weighted by molar-refractivity contribution is 7.16. The number of ether oxygens (including phenoxy) is 2. The Morgan fingerprint density at radius 3 is 2.85 bits per heavy atom. The number of aromatic nitrogens is 1. The summed E-state index contributed by atoms with van der Waals surface area (Å²) in [5.41, 5.74) is 2.21. The van der Waals surface area contributed by atoms with E-state index in [1.54, 1.807) is 25.3 Å². The first kappa shape index (κ1) is 17.9. The number of benzene rings is 2. The molecule has 5 nitrogen and oxygen atoms in total. The molecule has 0 N–H and O–H groups in total. The van der Waals surface area contributed by atoms with E-state index >= 15 is 0 Å². The van der Waals surface area contributed by atoms with Crippen molar-refractivity contribution in [3.05, 3.63) is 65.5 Å². The van der Waals surface area contributed by atoms with Crippen LogP contribution in [0.2, 0.25) is 0 Å². The van der Waals surface area contributed by atoms with Crippen LogP contribution in [-0.4, -0.2) is 24.2 Å². The van der Waals surface area contributed by atoms with Crippen molar-refractivity contribution in [3.8, 4) is 11.5 Å². The van der Waals surface area contributed by atoms with Crippen molar-refractivity contribution in [1.82, 2.24) is 4.57 Å². The first-order valence-corrected chi connectivity index (χ1v) is 8.97. The molecule has 0 unspecified atom stereocenters. The molecule has 0 spiro atoms. The minimum absolute atomic E-state index is 0.130. The lowest BCUT2D eigenvalue weighted by atomic mass is 10.2. The fourth-order valence-electron chi connectivity index (χ4n) is 2.55. The quantitative estimate of drug-likeness (QED) is 0.623. The van der Waals surface area contributed by atoms with Gasteiger partial charge in [0.25, 0.3) is 5.91 Å². The summed E-state index contributed by atoms with van der Waals surface area (Å²) in [5.74, 6) is 0.906. The molecule has 1 aromatic heterocycles. The minimum Gasteiger partial charge on any atom is -0.497 e. The van der Waals surface area contributed by atoms with Gasteiger partial charge in [0.05, 0.1) is 17.3 Å². The molecule has 0 aliphatic heterocycles. The van der Waals surface area contributed by atoms with E-state index in [-0.39, 0.29) is 12.5 Å². The highest BCUT2D eigenvalue weighted by atomic mass is 32.1. The van der Waals surface area contributed by atoms with Crippen molar-refractivity contribution in [3.63, 3.8) is 0 Å². The van der Waals surface area contributed by atoms with Crippen LogP contribution < -0.4 is 14.3 Å². The molecule has 0 atom stereocenters. The number of hydrogen-bond donors (Lipinski definition) is 0. The highest BCUT2D eigenvalue weighted by Crippen LogP contribution is 2.20. The third-order valence-corrected chi connectivity index (χ3v) is 4.81. The lowest BCUT2D eigenvalue weighted by molar-refractivity contribution is -0.120. The van der Waals surface area contributed by atoms with E-state index in [9.17, 15) is 4.79 Å². The molecule has 0 radical (unpaired) electrons. The van der Waals surface area contributed by atoms with Crippen molar-refractivity contribution in [2.75, 3.05) is 13.7 Å². The molecule has 3 aromatic rings. The zero-order valence-electron chi connectivity index (χ0n) is 14.8. The summed E-state index contributed by atoms with van der Waals surface area (Å²) in [6.45, 7) is 6.29. The summed E-state index contributed by atoms with van der Waals surface area (Å²) >= 11 is 1.49. The van der Waals surface area contributed by atoms with E-state index in [0.29, 0.717) is 22.8 Å². The van der Waals surface area contributed by atoms with Crippen molar-refractivity contribution in [1.29, 1.82) is 0 Å². The highest BCUT2D eigenvalue weighted by Gasteiger charge is 2.08. The Morgan fingerprint density at radius 1 is 1.27 bits per heavy atom. The van der Waals surface area contributed by atoms with Gasteiger partial charge < -0.3 is 14.0 Å². The van der Waals surface area contributed by atoms with Gasteiger partial charge in [-0.1, -0.05) is 29.5 Å². The summed E-state index contributed by atoms with van der Waals surface area (Å²) in [7, 11) is 1.58. The van der Waals surface area contributed by atoms with E-state index in [1.165, 1.54) is 16.9 Å². The van der Waals surface area contributed by atoms with Gasteiger partial charge in [-0.3, -0.25) is 4.79 Å². The first-order valence-electron chi connectivity index (χ1n) is 8.16. The molecule has 0 fully saturated rings. The number of methoxy groups -OCH3 is 1. The van der Waals surface area contributed by atoms with Crippen LogP contribution in [0, 0.1) is 6.92 Å². The largest absolute Gasteiger partial charge is 0.497 e. The Morgan fingerprint density at radius 2 is 2.08 bits per heavy atom. The van der Waals surface area contributed by atoms with E-state index in [0.717, 1.165) is 10.2 Å². The number of allylic oxidation sites excluding steroid dienone is 1. The van der Waals surface area contributed by atoms with Gasteiger partial charge in [0, 0.05) is 12.6 Å². The lowest BCUT2D eigenvalue weighted by Crippen LogP contribution is -2.19. The third kappa shape index (κ3) is 4.03. The van der Waals surface area contributed by atoms with Crippen molar-refractivity contribution >= 4 is 27.5 Å². The van der Waals surface area contributed by atoms with E-state index in [2.05, 4.69) is 17.6 Å². The second-order valence-corrected chi connectivity index (χ2v) is 6.74. The van der Waals surface area contributed by atoms with E-state index < -0.39 is 0 Å². The second-order valence-electron chi connectivity index (χ2n) is 5.73. The number of carbonyl (C=O) groups excluding carboxylic acids is 1. The topological polar surface area (TPSA) is 52.8 Å². The minimum atomic E-state index is -0.339. The SMILES string of the molecule is C=CCn1c(=NC(=O)COc2cccc(OC)c2)sc2cc(C)ccc21. The smallest absolute Gasteiger partial charge is 0.286 e. The predicted octanol–water partition coefficient (Wildman–Crippen LogP) is 3.71. The number of nitrogens with zero attached hydrogens (tertiary/aromatic N) is 2. The Hall–Kier alpha value is -2.86. The van der Waals surface area contributed by atoms with Gasteiger partial charge in [-0.15, -0.1) is 6.58 Å². The van der Waals surface area contributed by atoms with Crippen molar-refractivity contribution < 1.29 is 14.3 Å². The molecule has 1 heterocycles. The predicted molar refractivity (Wildman–Crippen MR) is 104 cm³/mol. The molecular weight excluding hydrogens is 348 g/mol. The molecule has 0 saturated carbocycles. The standard InChI is InChI=1S/C20H20N2O3S/c1-4-10-22-17-9-8-14(2)11-18(17)26-20(22)21-19(23)13-25-16-7-5-6-15(12-16)24-3/h4-9,11-12H,1,10,13H2,2-3H3. The molecule has 26 heavy (non-hydrogen) atoms. The fraction of sp³-hybridized carbons (Fsp3) is 0.200. The van der Waals surface area contributed by atoms with Crippen LogP contribution in [0.1, 0.15) is 5.56 Å². The maximum Gasteiger partial charge on any atom is 0.286 e. The molecule has 1 amide bonds. The normalized spacial score (nSPS) is 11.5. The monoisotopic (exact) mass is 368 g/mol. The number of amides is 1. The van der Waals surface area contributed by atoms with Gasteiger partial charge in [-0.2, -0.15) is 4.99 Å². The molecular formula is C20H20N2O3S. The fourth-order valence-corrected chi connectivity index (χ4v) is 3.70. The first-order chi connectivity index (χ1) is 12.6. The summed E-state index contributed by atoms with van der Waals surface area (Å²) in [5, 5.41) is 0. The number of aryl methyl sites for hydroxylation is 1. The van der Waals surface area contributed by atoms with Gasteiger partial charge in [0.1, 0.15) is 11.5 Å². The summed E-state index contributed by atoms with van der Waals surface area (Å²) in [6.07, 6.45) is 1.79. The van der Waals surface area contributed by atoms with Crippen LogP contribution in [0.4, 0.5) is 0 Å². The molecule has 3 rings (SSSR count). The molecule has 0 aliphatic rings. The maximum atomic E-state index is 12.3. The lowest BCUT2D eigenvalue weighted by Gasteiger charge is -2.05. The van der Waals surface area contributed by atoms with Crippen molar-refractivity contribution in [2.45, 2.75) is 13.5 Å². The van der Waals surface area contributed by atoms with Gasteiger partial charge in [0.15, 0.2) is 11.4 Å². The van der Waals surface area contributed by atoms with Crippen LogP contribution >= 0.6 is 11.3 Å². The number of thiazole rings is 1. The van der Waals surface area contributed by atoms with Gasteiger partial charge in [-0.25, -0.2) is 0 Å². The molecule has 134 valence electrons. The number of hydrogen-bond acceptors (Lipinski definition) is 4. The Balaban J connectivity index is 1.84.